The molecule has 1 aromatic heterocycles. The summed E-state index contributed by atoms with van der Waals surface area (Å²) in [4.78, 5) is 14.4. The second-order valence-electron chi connectivity index (χ2n) is 5.02. The molecular weight excluding hydrogens is 284 g/mol. The monoisotopic (exact) mass is 304 g/mol. The zero-order valence-corrected chi connectivity index (χ0v) is 13.3. The van der Waals surface area contributed by atoms with Crippen LogP contribution in [0.5, 0.6) is 0 Å². The van der Waals surface area contributed by atoms with Gasteiger partial charge in [0.1, 0.15) is 0 Å². The highest BCUT2D eigenvalue weighted by Crippen LogP contribution is 2.26. The molecule has 0 radical (unpaired) electrons. The van der Waals surface area contributed by atoms with E-state index in [0.717, 1.165) is 6.42 Å². The van der Waals surface area contributed by atoms with Crippen LogP contribution in [0.25, 0.3) is 0 Å². The number of para-hydroxylation sites is 1. The lowest BCUT2D eigenvalue weighted by molar-refractivity contribution is 0.0602. The standard InChI is InChI=1S/C16H20N2O2S/c1-10(9-12-8-7-11(2)21-12)18-15-13(16(19)20-3)5-4-6-14(15)17/h4-8,10,18H,9,17H2,1-3H3. The number of rotatable bonds is 5. The fourth-order valence-corrected chi connectivity index (χ4v) is 3.22. The number of thiophene rings is 1. The van der Waals surface area contributed by atoms with E-state index in [1.165, 1.54) is 16.9 Å². The summed E-state index contributed by atoms with van der Waals surface area (Å²) in [5, 5.41) is 3.33. The molecule has 1 aromatic carbocycles. The number of hydrogen-bond acceptors (Lipinski definition) is 5. The average Bonchev–Trinajstić information content (AvgIpc) is 2.85. The minimum atomic E-state index is -0.385. The van der Waals surface area contributed by atoms with Crippen molar-refractivity contribution in [3.05, 3.63) is 45.6 Å². The Morgan fingerprint density at radius 1 is 1.38 bits per heavy atom. The van der Waals surface area contributed by atoms with Gasteiger partial charge in [-0.3, -0.25) is 0 Å². The first-order chi connectivity index (χ1) is 10.0. The summed E-state index contributed by atoms with van der Waals surface area (Å²) in [6, 6.07) is 9.65. The van der Waals surface area contributed by atoms with Crippen molar-refractivity contribution in [3.63, 3.8) is 0 Å². The maximum atomic E-state index is 11.8. The molecule has 1 atom stereocenters. The predicted molar refractivity (Wildman–Crippen MR) is 88.0 cm³/mol. The van der Waals surface area contributed by atoms with Crippen LogP contribution in [0.1, 0.15) is 27.0 Å². The van der Waals surface area contributed by atoms with Gasteiger partial charge < -0.3 is 15.8 Å². The number of ether oxygens (including phenoxy) is 1. The van der Waals surface area contributed by atoms with Crippen LogP contribution in [0, 0.1) is 6.92 Å². The molecule has 0 saturated heterocycles. The van der Waals surface area contributed by atoms with Crippen molar-refractivity contribution in [2.75, 3.05) is 18.2 Å². The number of aryl methyl sites for hydroxylation is 1. The first-order valence-corrected chi connectivity index (χ1v) is 7.61. The number of nitrogen functional groups attached to an aromatic ring is 1. The van der Waals surface area contributed by atoms with Crippen molar-refractivity contribution in [1.29, 1.82) is 0 Å². The highest BCUT2D eigenvalue weighted by atomic mass is 32.1. The van der Waals surface area contributed by atoms with E-state index in [0.29, 0.717) is 16.9 Å². The molecule has 0 saturated carbocycles. The number of carbonyl (C=O) groups is 1. The third-order valence-corrected chi connectivity index (χ3v) is 4.22. The van der Waals surface area contributed by atoms with Crippen LogP contribution < -0.4 is 11.1 Å². The summed E-state index contributed by atoms with van der Waals surface area (Å²) in [5.41, 5.74) is 7.65. The lowest BCUT2D eigenvalue weighted by Crippen LogP contribution is -2.20. The first kappa shape index (κ1) is 15.4. The van der Waals surface area contributed by atoms with Gasteiger partial charge in [0.05, 0.1) is 24.0 Å². The minimum absolute atomic E-state index is 0.163. The molecule has 3 N–H and O–H groups in total. The molecule has 0 amide bonds. The van der Waals surface area contributed by atoms with Crippen LogP contribution >= 0.6 is 11.3 Å². The van der Waals surface area contributed by atoms with Gasteiger partial charge in [-0.05, 0) is 38.1 Å². The fourth-order valence-electron chi connectivity index (χ4n) is 2.21. The molecule has 0 aliphatic rings. The molecule has 4 nitrogen and oxygen atoms in total. The molecule has 5 heteroatoms. The van der Waals surface area contributed by atoms with Gasteiger partial charge in [0.15, 0.2) is 0 Å². The second-order valence-corrected chi connectivity index (χ2v) is 6.40. The lowest BCUT2D eigenvalue weighted by Gasteiger charge is -2.18. The molecule has 1 heterocycles. The Labute approximate surface area is 128 Å². The van der Waals surface area contributed by atoms with Crippen molar-refractivity contribution in [2.24, 2.45) is 0 Å². The number of methoxy groups -OCH3 is 1. The summed E-state index contributed by atoms with van der Waals surface area (Å²) in [6.45, 7) is 4.17. The van der Waals surface area contributed by atoms with Crippen LogP contribution in [-0.4, -0.2) is 19.1 Å². The van der Waals surface area contributed by atoms with Crippen molar-refractivity contribution in [2.45, 2.75) is 26.3 Å². The van der Waals surface area contributed by atoms with Gasteiger partial charge in [-0.15, -0.1) is 11.3 Å². The summed E-state index contributed by atoms with van der Waals surface area (Å²) in [6.07, 6.45) is 0.882. The number of carbonyl (C=O) groups excluding carboxylic acids is 1. The zero-order chi connectivity index (χ0) is 15.4. The van der Waals surface area contributed by atoms with Gasteiger partial charge in [-0.25, -0.2) is 4.79 Å². The molecule has 0 aliphatic heterocycles. The van der Waals surface area contributed by atoms with Crippen molar-refractivity contribution in [1.82, 2.24) is 0 Å². The molecular formula is C16H20N2O2S. The molecule has 1 unspecified atom stereocenters. The summed E-state index contributed by atoms with van der Waals surface area (Å²) in [7, 11) is 1.37. The van der Waals surface area contributed by atoms with Gasteiger partial charge in [-0.1, -0.05) is 6.07 Å². The van der Waals surface area contributed by atoms with Crippen LogP contribution in [0.2, 0.25) is 0 Å². The molecule has 21 heavy (non-hydrogen) atoms. The smallest absolute Gasteiger partial charge is 0.340 e. The number of anilines is 2. The number of nitrogens with two attached hydrogens (primary N) is 1. The van der Waals surface area contributed by atoms with E-state index in [1.54, 1.807) is 29.5 Å². The average molecular weight is 304 g/mol. The normalized spacial score (nSPS) is 12.0. The van der Waals surface area contributed by atoms with Crippen molar-refractivity contribution in [3.8, 4) is 0 Å². The lowest BCUT2D eigenvalue weighted by atomic mass is 10.1. The van der Waals surface area contributed by atoms with Crippen molar-refractivity contribution >= 4 is 28.7 Å². The number of benzene rings is 1. The van der Waals surface area contributed by atoms with Gasteiger partial charge in [0.2, 0.25) is 0 Å². The Bertz CT molecular complexity index is 637. The first-order valence-electron chi connectivity index (χ1n) is 6.80. The number of nitrogens with one attached hydrogen (secondary N) is 1. The van der Waals surface area contributed by atoms with Crippen LogP contribution in [0.4, 0.5) is 11.4 Å². The Morgan fingerprint density at radius 3 is 2.76 bits per heavy atom. The minimum Gasteiger partial charge on any atom is -0.465 e. The fraction of sp³-hybridized carbons (Fsp3) is 0.312. The molecule has 2 rings (SSSR count). The molecule has 2 aromatic rings. The largest absolute Gasteiger partial charge is 0.465 e. The third-order valence-electron chi connectivity index (χ3n) is 3.20. The highest BCUT2D eigenvalue weighted by molar-refractivity contribution is 7.11. The van der Waals surface area contributed by atoms with E-state index in [2.05, 4.69) is 31.3 Å². The SMILES string of the molecule is COC(=O)c1cccc(N)c1NC(C)Cc1ccc(C)s1. The van der Waals surface area contributed by atoms with E-state index in [9.17, 15) is 4.79 Å². The quantitative estimate of drug-likeness (QED) is 0.656. The molecule has 112 valence electrons. The van der Waals surface area contributed by atoms with E-state index >= 15 is 0 Å². The van der Waals surface area contributed by atoms with E-state index in [1.807, 2.05) is 0 Å². The molecule has 0 bridgehead atoms. The Hall–Kier alpha value is -2.01. The second kappa shape index (κ2) is 6.63. The molecule has 0 aliphatic carbocycles. The van der Waals surface area contributed by atoms with Crippen molar-refractivity contribution < 1.29 is 9.53 Å². The third kappa shape index (κ3) is 3.76. The van der Waals surface area contributed by atoms with Crippen LogP contribution in [0.15, 0.2) is 30.3 Å². The maximum absolute atomic E-state index is 11.8. The molecule has 0 spiro atoms. The Morgan fingerprint density at radius 2 is 2.14 bits per heavy atom. The Kier molecular flexibility index (Phi) is 4.85. The summed E-state index contributed by atoms with van der Waals surface area (Å²) >= 11 is 1.78. The number of esters is 1. The van der Waals surface area contributed by atoms with Crippen LogP contribution in [-0.2, 0) is 11.2 Å². The maximum Gasteiger partial charge on any atom is 0.340 e. The number of hydrogen-bond donors (Lipinski definition) is 2. The Balaban J connectivity index is 2.16. The van der Waals surface area contributed by atoms with Gasteiger partial charge >= 0.3 is 5.97 Å². The van der Waals surface area contributed by atoms with E-state index in [4.69, 9.17) is 10.5 Å². The predicted octanol–water partition coefficient (Wildman–Crippen LogP) is 3.47. The van der Waals surface area contributed by atoms with Gasteiger partial charge in [0, 0.05) is 22.2 Å². The zero-order valence-electron chi connectivity index (χ0n) is 12.5. The summed E-state index contributed by atoms with van der Waals surface area (Å²) < 4.78 is 4.80. The van der Waals surface area contributed by atoms with E-state index in [-0.39, 0.29) is 12.0 Å². The van der Waals surface area contributed by atoms with E-state index < -0.39 is 0 Å². The molecule has 0 fully saturated rings. The van der Waals surface area contributed by atoms with Gasteiger partial charge in [0.25, 0.3) is 0 Å². The highest BCUT2D eigenvalue weighted by Gasteiger charge is 2.16. The van der Waals surface area contributed by atoms with Crippen LogP contribution in [0.3, 0.4) is 0 Å². The van der Waals surface area contributed by atoms with Gasteiger partial charge in [-0.2, -0.15) is 0 Å². The summed E-state index contributed by atoms with van der Waals surface area (Å²) in [5.74, 6) is -0.385. The topological polar surface area (TPSA) is 64.3 Å².